The van der Waals surface area contributed by atoms with Crippen molar-refractivity contribution in [2.75, 3.05) is 26.2 Å². The van der Waals surface area contributed by atoms with E-state index in [-0.39, 0.29) is 35.7 Å². The average molecular weight is 475 g/mol. The van der Waals surface area contributed by atoms with E-state index in [0.717, 1.165) is 10.1 Å². The van der Waals surface area contributed by atoms with Crippen LogP contribution in [-0.4, -0.2) is 68.4 Å². The van der Waals surface area contributed by atoms with Crippen LogP contribution in [-0.2, 0) is 35.5 Å². The van der Waals surface area contributed by atoms with Crippen LogP contribution in [0.5, 0.6) is 0 Å². The first-order valence-electron chi connectivity index (χ1n) is 10.6. The molecule has 0 atom stereocenters. The third-order valence-corrected chi connectivity index (χ3v) is 7.87. The molecule has 0 saturated carbocycles. The van der Waals surface area contributed by atoms with E-state index in [1.54, 1.807) is 31.3 Å². The second-order valence-electron chi connectivity index (χ2n) is 8.21. The Morgan fingerprint density at radius 1 is 1.03 bits per heavy atom. The predicted octanol–water partition coefficient (Wildman–Crippen LogP) is -0.335. The van der Waals surface area contributed by atoms with E-state index in [1.165, 1.54) is 31.7 Å². The normalized spacial score (nSPS) is 15.7. The van der Waals surface area contributed by atoms with Crippen LogP contribution in [0, 0.1) is 6.92 Å². The van der Waals surface area contributed by atoms with Crippen LogP contribution in [0.25, 0.3) is 11.2 Å². The topological polar surface area (TPSA) is 120 Å². The molecule has 0 bridgehead atoms. The first kappa shape index (κ1) is 22.9. The molecular formula is C21H26N6O5S. The van der Waals surface area contributed by atoms with Gasteiger partial charge >= 0.3 is 5.69 Å². The lowest BCUT2D eigenvalue weighted by molar-refractivity contribution is -0.131. The Hall–Kier alpha value is -3.25. The van der Waals surface area contributed by atoms with Crippen molar-refractivity contribution < 1.29 is 13.2 Å². The highest BCUT2D eigenvalue weighted by Crippen LogP contribution is 2.18. The Kier molecular flexibility index (Phi) is 5.97. The fourth-order valence-electron chi connectivity index (χ4n) is 4.01. The van der Waals surface area contributed by atoms with Gasteiger partial charge in [0, 0.05) is 40.3 Å². The quantitative estimate of drug-likeness (QED) is 0.511. The zero-order chi connectivity index (χ0) is 23.9. The molecule has 4 rings (SSSR count). The van der Waals surface area contributed by atoms with Gasteiger partial charge in [-0.1, -0.05) is 17.7 Å². The molecule has 33 heavy (non-hydrogen) atoms. The second-order valence-corrected chi connectivity index (χ2v) is 10.1. The number of sulfonamides is 1. The fraction of sp³-hybridized carbons (Fsp3) is 0.429. The van der Waals surface area contributed by atoms with Crippen molar-refractivity contribution in [2.24, 2.45) is 14.1 Å². The molecule has 1 aliphatic heterocycles. The number of carbonyl (C=O) groups excluding carboxylic acids is 1. The lowest BCUT2D eigenvalue weighted by Crippen LogP contribution is -2.45. The number of imidazole rings is 1. The summed E-state index contributed by atoms with van der Waals surface area (Å²) in [6, 6.07) is 6.65. The number of benzene rings is 1. The standard InChI is InChI=1S/C21H26N6O5S/c1-15-5-7-16(8-6-15)33(31,32)26-10-4-9-25(11-12-26)17(28)13-27-20(29)18-19(22-14-23(18)2)24(3)21(27)30/h5-8,14H,4,9-13H2,1-3H3. The molecule has 1 aromatic carbocycles. The number of amides is 1. The predicted molar refractivity (Wildman–Crippen MR) is 121 cm³/mol. The van der Waals surface area contributed by atoms with E-state index in [4.69, 9.17) is 0 Å². The van der Waals surface area contributed by atoms with Crippen LogP contribution in [0.4, 0.5) is 0 Å². The molecule has 2 aromatic heterocycles. The third-order valence-electron chi connectivity index (χ3n) is 5.96. The van der Waals surface area contributed by atoms with Gasteiger partial charge < -0.3 is 9.47 Å². The lowest BCUT2D eigenvalue weighted by Gasteiger charge is -2.22. The maximum absolute atomic E-state index is 13.0. The summed E-state index contributed by atoms with van der Waals surface area (Å²) in [5.41, 5.74) is 0.240. The van der Waals surface area contributed by atoms with Gasteiger partial charge in [0.05, 0.1) is 11.2 Å². The average Bonchev–Trinajstić information content (AvgIpc) is 3.00. The fourth-order valence-corrected chi connectivity index (χ4v) is 5.48. The molecule has 1 fully saturated rings. The molecular weight excluding hydrogens is 448 g/mol. The van der Waals surface area contributed by atoms with Gasteiger partial charge in [0.2, 0.25) is 15.9 Å². The third kappa shape index (κ3) is 4.11. The minimum absolute atomic E-state index is 0.135. The van der Waals surface area contributed by atoms with E-state index < -0.39 is 33.7 Å². The molecule has 1 saturated heterocycles. The molecule has 0 N–H and O–H groups in total. The number of hydrogen-bond acceptors (Lipinski definition) is 6. The maximum Gasteiger partial charge on any atom is 0.332 e. The van der Waals surface area contributed by atoms with Crippen molar-refractivity contribution >= 4 is 27.1 Å². The Bertz CT molecular complexity index is 1430. The van der Waals surface area contributed by atoms with Gasteiger partial charge in [-0.15, -0.1) is 0 Å². The number of rotatable bonds is 4. The largest absolute Gasteiger partial charge is 0.340 e. The number of hydrogen-bond donors (Lipinski definition) is 0. The highest BCUT2D eigenvalue weighted by molar-refractivity contribution is 7.89. The van der Waals surface area contributed by atoms with E-state index in [2.05, 4.69) is 4.98 Å². The van der Waals surface area contributed by atoms with Crippen molar-refractivity contribution in [3.8, 4) is 0 Å². The van der Waals surface area contributed by atoms with Crippen molar-refractivity contribution in [3.63, 3.8) is 0 Å². The number of aromatic nitrogens is 4. The summed E-state index contributed by atoms with van der Waals surface area (Å²) in [5.74, 6) is -0.412. The Morgan fingerprint density at radius 3 is 2.42 bits per heavy atom. The molecule has 12 heteroatoms. The van der Waals surface area contributed by atoms with Gasteiger partial charge in [0.1, 0.15) is 6.54 Å². The molecule has 3 heterocycles. The van der Waals surface area contributed by atoms with Crippen molar-refractivity contribution in [1.82, 2.24) is 27.9 Å². The van der Waals surface area contributed by atoms with E-state index in [1.807, 2.05) is 6.92 Å². The SMILES string of the molecule is Cc1ccc(S(=O)(=O)N2CCCN(C(=O)Cn3c(=O)c4c(ncn4C)n(C)c3=O)CC2)cc1. The van der Waals surface area contributed by atoms with Crippen molar-refractivity contribution in [3.05, 3.63) is 57.0 Å². The van der Waals surface area contributed by atoms with Crippen LogP contribution in [0.15, 0.2) is 45.1 Å². The minimum Gasteiger partial charge on any atom is -0.340 e. The first-order valence-corrected chi connectivity index (χ1v) is 12.0. The van der Waals surface area contributed by atoms with E-state index >= 15 is 0 Å². The molecule has 1 amide bonds. The van der Waals surface area contributed by atoms with Gasteiger partial charge in [-0.25, -0.2) is 22.8 Å². The summed E-state index contributed by atoms with van der Waals surface area (Å²) in [6.45, 7) is 2.39. The maximum atomic E-state index is 13.0. The van der Waals surface area contributed by atoms with Crippen molar-refractivity contribution in [1.29, 1.82) is 0 Å². The Morgan fingerprint density at radius 2 is 1.73 bits per heavy atom. The summed E-state index contributed by atoms with van der Waals surface area (Å²) in [4.78, 5) is 44.3. The van der Waals surface area contributed by atoms with Crippen LogP contribution < -0.4 is 11.2 Å². The van der Waals surface area contributed by atoms with Gasteiger partial charge in [-0.05, 0) is 25.5 Å². The summed E-state index contributed by atoms with van der Waals surface area (Å²) >= 11 is 0. The van der Waals surface area contributed by atoms with Gasteiger partial charge in [-0.3, -0.25) is 14.2 Å². The summed E-state index contributed by atoms with van der Waals surface area (Å²) in [7, 11) is -0.533. The molecule has 0 radical (unpaired) electrons. The van der Waals surface area contributed by atoms with Crippen molar-refractivity contribution in [2.45, 2.75) is 24.8 Å². The minimum atomic E-state index is -3.67. The highest BCUT2D eigenvalue weighted by Gasteiger charge is 2.29. The zero-order valence-corrected chi connectivity index (χ0v) is 19.6. The number of fused-ring (bicyclic) bond motifs is 1. The van der Waals surface area contributed by atoms with Crippen LogP contribution >= 0.6 is 0 Å². The van der Waals surface area contributed by atoms with Gasteiger partial charge in [0.25, 0.3) is 5.56 Å². The lowest BCUT2D eigenvalue weighted by atomic mass is 10.2. The van der Waals surface area contributed by atoms with Gasteiger partial charge in [0.15, 0.2) is 11.2 Å². The van der Waals surface area contributed by atoms with Crippen LogP contribution in [0.2, 0.25) is 0 Å². The molecule has 0 unspecified atom stereocenters. The number of carbonyl (C=O) groups is 1. The second kappa shape index (κ2) is 8.60. The summed E-state index contributed by atoms with van der Waals surface area (Å²) in [5, 5.41) is 0. The summed E-state index contributed by atoms with van der Waals surface area (Å²) in [6.07, 6.45) is 1.89. The number of aryl methyl sites for hydroxylation is 3. The zero-order valence-electron chi connectivity index (χ0n) is 18.8. The van der Waals surface area contributed by atoms with E-state index in [9.17, 15) is 22.8 Å². The monoisotopic (exact) mass is 474 g/mol. The molecule has 0 aliphatic carbocycles. The Labute approximate surface area is 190 Å². The van der Waals surface area contributed by atoms with E-state index in [0.29, 0.717) is 13.0 Å². The molecule has 0 spiro atoms. The Balaban J connectivity index is 1.53. The van der Waals surface area contributed by atoms with Crippen LogP contribution in [0.1, 0.15) is 12.0 Å². The van der Waals surface area contributed by atoms with Gasteiger partial charge in [-0.2, -0.15) is 4.31 Å². The number of nitrogens with zero attached hydrogens (tertiary/aromatic N) is 6. The first-order chi connectivity index (χ1) is 15.6. The smallest absolute Gasteiger partial charge is 0.332 e. The molecule has 176 valence electrons. The molecule has 1 aliphatic rings. The van der Waals surface area contributed by atoms with Crippen LogP contribution in [0.3, 0.4) is 0 Å². The highest BCUT2D eigenvalue weighted by atomic mass is 32.2. The summed E-state index contributed by atoms with van der Waals surface area (Å²) < 4.78 is 31.0. The molecule has 11 nitrogen and oxygen atoms in total. The molecule has 3 aromatic rings.